The number of nitrogens with two attached hydrogens (primary N) is 1. The van der Waals surface area contributed by atoms with Gasteiger partial charge in [0.15, 0.2) is 6.10 Å². The second-order valence-corrected chi connectivity index (χ2v) is 4.91. The minimum atomic E-state index is -1.14. The van der Waals surface area contributed by atoms with Gasteiger partial charge in [0, 0.05) is 12.6 Å². The molecule has 2 rings (SSSR count). The molecule has 4 N–H and O–H groups in total. The van der Waals surface area contributed by atoms with Crippen molar-refractivity contribution in [3.63, 3.8) is 0 Å². The first kappa shape index (κ1) is 15.2. The van der Waals surface area contributed by atoms with Gasteiger partial charge < -0.3 is 16.2 Å². The largest absolute Gasteiger partial charge is 0.378 e. The maximum atomic E-state index is 11.9. The van der Waals surface area contributed by atoms with Crippen LogP contribution in [0.1, 0.15) is 29.7 Å². The zero-order chi connectivity index (χ0) is 15.1. The van der Waals surface area contributed by atoms with Crippen molar-refractivity contribution in [2.45, 2.75) is 18.6 Å². The molecule has 0 saturated carbocycles. The third kappa shape index (κ3) is 4.41. The van der Waals surface area contributed by atoms with E-state index in [2.05, 4.69) is 5.32 Å². The molecule has 0 radical (unpaired) electrons. The van der Waals surface area contributed by atoms with E-state index in [4.69, 9.17) is 5.73 Å². The number of hydrogen-bond acceptors (Lipinski definition) is 3. The molecular weight excluding hydrogens is 264 g/mol. The molecule has 4 nitrogen and oxygen atoms in total. The van der Waals surface area contributed by atoms with Gasteiger partial charge in [-0.25, -0.2) is 0 Å². The van der Waals surface area contributed by atoms with Crippen LogP contribution in [0.15, 0.2) is 60.7 Å². The quantitative estimate of drug-likeness (QED) is 0.758. The van der Waals surface area contributed by atoms with Crippen molar-refractivity contribution in [3.8, 4) is 0 Å². The molecule has 110 valence electrons. The molecule has 2 aromatic carbocycles. The Balaban J connectivity index is 1.79. The monoisotopic (exact) mass is 284 g/mol. The lowest BCUT2D eigenvalue weighted by Crippen LogP contribution is -2.31. The Morgan fingerprint density at radius 1 is 1.00 bits per heavy atom. The summed E-state index contributed by atoms with van der Waals surface area (Å²) in [5.74, 6) is -0.401. The highest BCUT2D eigenvalue weighted by atomic mass is 16.3. The summed E-state index contributed by atoms with van der Waals surface area (Å²) in [7, 11) is 0. The number of hydrogen-bond donors (Lipinski definition) is 3. The summed E-state index contributed by atoms with van der Waals surface area (Å²) >= 11 is 0. The average molecular weight is 284 g/mol. The molecule has 0 aliphatic carbocycles. The van der Waals surface area contributed by atoms with Crippen molar-refractivity contribution in [1.29, 1.82) is 0 Å². The molecule has 4 heteroatoms. The van der Waals surface area contributed by atoms with Crippen LogP contribution in [-0.2, 0) is 4.79 Å². The van der Waals surface area contributed by atoms with E-state index in [1.807, 2.05) is 36.4 Å². The fourth-order valence-electron chi connectivity index (χ4n) is 2.10. The number of carbonyl (C=O) groups excluding carboxylic acids is 1. The van der Waals surface area contributed by atoms with Crippen LogP contribution in [0.3, 0.4) is 0 Å². The summed E-state index contributed by atoms with van der Waals surface area (Å²) in [5, 5.41) is 12.6. The van der Waals surface area contributed by atoms with Gasteiger partial charge in [0.1, 0.15) is 0 Å². The van der Waals surface area contributed by atoms with Gasteiger partial charge in [-0.15, -0.1) is 0 Å². The van der Waals surface area contributed by atoms with E-state index in [-0.39, 0.29) is 6.04 Å². The van der Waals surface area contributed by atoms with Gasteiger partial charge in [-0.2, -0.15) is 0 Å². The summed E-state index contributed by atoms with van der Waals surface area (Å²) in [6, 6.07) is 18.5. The third-order valence-electron chi connectivity index (χ3n) is 3.35. The van der Waals surface area contributed by atoms with Crippen LogP contribution in [-0.4, -0.2) is 17.6 Å². The number of rotatable bonds is 6. The maximum absolute atomic E-state index is 11.9. The van der Waals surface area contributed by atoms with Crippen LogP contribution in [0.2, 0.25) is 0 Å². The summed E-state index contributed by atoms with van der Waals surface area (Å²) in [6.45, 7) is 0.429. The molecule has 21 heavy (non-hydrogen) atoms. The van der Waals surface area contributed by atoms with Crippen molar-refractivity contribution < 1.29 is 9.90 Å². The van der Waals surface area contributed by atoms with Gasteiger partial charge in [0.2, 0.25) is 0 Å². The zero-order valence-electron chi connectivity index (χ0n) is 11.8. The average Bonchev–Trinajstić information content (AvgIpc) is 2.55. The molecule has 0 bridgehead atoms. The predicted molar refractivity (Wildman–Crippen MR) is 82.4 cm³/mol. The second kappa shape index (κ2) is 7.57. The highest BCUT2D eigenvalue weighted by Gasteiger charge is 2.16. The lowest BCUT2D eigenvalue weighted by molar-refractivity contribution is -0.129. The van der Waals surface area contributed by atoms with Crippen LogP contribution >= 0.6 is 0 Å². The van der Waals surface area contributed by atoms with Gasteiger partial charge in [-0.1, -0.05) is 60.7 Å². The van der Waals surface area contributed by atoms with E-state index < -0.39 is 12.0 Å². The molecule has 0 spiro atoms. The lowest BCUT2D eigenvalue weighted by atomic mass is 10.0. The van der Waals surface area contributed by atoms with Gasteiger partial charge in [-0.3, -0.25) is 4.79 Å². The number of carbonyl (C=O) groups is 1. The van der Waals surface area contributed by atoms with Crippen LogP contribution < -0.4 is 11.1 Å². The van der Waals surface area contributed by atoms with E-state index in [1.54, 1.807) is 24.3 Å². The standard InChI is InChI=1S/C17H20N2O2/c18-15(13-7-3-1-4-8-13)11-12-19-17(21)16(20)14-9-5-2-6-10-14/h1-10,15-16,20H,11-12,18H2,(H,19,21). The van der Waals surface area contributed by atoms with Gasteiger partial charge in [-0.05, 0) is 17.5 Å². The Morgan fingerprint density at radius 2 is 1.52 bits per heavy atom. The highest BCUT2D eigenvalue weighted by molar-refractivity contribution is 5.81. The lowest BCUT2D eigenvalue weighted by Gasteiger charge is -2.14. The first-order valence-corrected chi connectivity index (χ1v) is 6.99. The molecular formula is C17H20N2O2. The number of benzene rings is 2. The smallest absolute Gasteiger partial charge is 0.253 e. The van der Waals surface area contributed by atoms with Crippen molar-refractivity contribution in [3.05, 3.63) is 71.8 Å². The fourth-order valence-corrected chi connectivity index (χ4v) is 2.10. The third-order valence-corrected chi connectivity index (χ3v) is 3.35. The van der Waals surface area contributed by atoms with Crippen LogP contribution in [0.5, 0.6) is 0 Å². The molecule has 0 saturated heterocycles. The summed E-state index contributed by atoms with van der Waals surface area (Å²) in [4.78, 5) is 11.9. The van der Waals surface area contributed by atoms with Crippen molar-refractivity contribution in [2.24, 2.45) is 5.73 Å². The van der Waals surface area contributed by atoms with E-state index >= 15 is 0 Å². The predicted octanol–water partition coefficient (Wildman–Crippen LogP) is 1.93. The molecule has 2 unspecified atom stereocenters. The van der Waals surface area contributed by atoms with E-state index in [0.717, 1.165) is 5.56 Å². The van der Waals surface area contributed by atoms with E-state index in [0.29, 0.717) is 18.5 Å². The molecule has 0 fully saturated rings. The summed E-state index contributed by atoms with van der Waals surface area (Å²) in [5.41, 5.74) is 7.68. The minimum absolute atomic E-state index is 0.125. The Kier molecular flexibility index (Phi) is 5.49. The molecule has 2 atom stereocenters. The topological polar surface area (TPSA) is 75.3 Å². The molecule has 2 aromatic rings. The van der Waals surface area contributed by atoms with Crippen LogP contribution in [0, 0.1) is 0 Å². The minimum Gasteiger partial charge on any atom is -0.378 e. The number of nitrogens with one attached hydrogen (secondary N) is 1. The molecule has 1 amide bonds. The molecule has 0 heterocycles. The van der Waals surface area contributed by atoms with Crippen molar-refractivity contribution in [1.82, 2.24) is 5.32 Å². The molecule has 0 aliphatic heterocycles. The van der Waals surface area contributed by atoms with Crippen LogP contribution in [0.4, 0.5) is 0 Å². The normalized spacial score (nSPS) is 13.4. The van der Waals surface area contributed by atoms with Crippen LogP contribution in [0.25, 0.3) is 0 Å². The van der Waals surface area contributed by atoms with Gasteiger partial charge in [0.05, 0.1) is 0 Å². The summed E-state index contributed by atoms with van der Waals surface area (Å²) < 4.78 is 0. The number of aliphatic hydroxyl groups is 1. The van der Waals surface area contributed by atoms with Crippen molar-refractivity contribution >= 4 is 5.91 Å². The number of amides is 1. The molecule has 0 aliphatic rings. The Labute approximate surface area is 124 Å². The Morgan fingerprint density at radius 3 is 2.10 bits per heavy atom. The Hall–Kier alpha value is -2.17. The number of aliphatic hydroxyl groups excluding tert-OH is 1. The zero-order valence-corrected chi connectivity index (χ0v) is 11.8. The second-order valence-electron chi connectivity index (χ2n) is 4.91. The van der Waals surface area contributed by atoms with E-state index in [9.17, 15) is 9.90 Å². The Bertz CT molecular complexity index is 558. The maximum Gasteiger partial charge on any atom is 0.253 e. The fraction of sp³-hybridized carbons (Fsp3) is 0.235. The first-order chi connectivity index (χ1) is 10.2. The van der Waals surface area contributed by atoms with E-state index in [1.165, 1.54) is 0 Å². The van der Waals surface area contributed by atoms with Gasteiger partial charge >= 0.3 is 0 Å². The first-order valence-electron chi connectivity index (χ1n) is 6.99. The summed E-state index contributed by atoms with van der Waals surface area (Å²) in [6.07, 6.45) is -0.517. The highest BCUT2D eigenvalue weighted by Crippen LogP contribution is 2.14. The van der Waals surface area contributed by atoms with Crippen molar-refractivity contribution in [2.75, 3.05) is 6.54 Å². The van der Waals surface area contributed by atoms with Gasteiger partial charge in [0.25, 0.3) is 5.91 Å². The SMILES string of the molecule is NC(CCNC(=O)C(O)c1ccccc1)c1ccccc1. The molecule has 0 aromatic heterocycles.